The highest BCUT2D eigenvalue weighted by molar-refractivity contribution is 8.00. The Hall–Kier alpha value is -3.12. The van der Waals surface area contributed by atoms with Crippen molar-refractivity contribution in [3.8, 4) is 5.75 Å². The first kappa shape index (κ1) is 23.5. The molecule has 1 saturated heterocycles. The summed E-state index contributed by atoms with van der Waals surface area (Å²) < 4.78 is 38.6. The Morgan fingerprint density at radius 1 is 1.19 bits per heavy atom. The highest BCUT2D eigenvalue weighted by Crippen LogP contribution is 2.52. The van der Waals surface area contributed by atoms with Crippen LogP contribution in [0, 0.1) is 0 Å². The molecule has 172 valence electrons. The predicted molar refractivity (Wildman–Crippen MR) is 110 cm³/mol. The van der Waals surface area contributed by atoms with E-state index in [0.717, 1.165) is 30.7 Å². The summed E-state index contributed by atoms with van der Waals surface area (Å²) in [4.78, 5) is 49.4. The van der Waals surface area contributed by atoms with Crippen molar-refractivity contribution in [2.75, 3.05) is 13.7 Å². The zero-order valence-corrected chi connectivity index (χ0v) is 18.2. The number of hydrogen-bond donors (Lipinski definition) is 1. The number of nitrogens with one attached hydrogen (secondary N) is 1. The van der Waals surface area contributed by atoms with E-state index in [-0.39, 0.29) is 0 Å². The molecule has 0 spiro atoms. The molecule has 0 radical (unpaired) electrons. The highest BCUT2D eigenvalue weighted by Gasteiger charge is 2.62. The van der Waals surface area contributed by atoms with Gasteiger partial charge in [0.25, 0.3) is 5.56 Å². The van der Waals surface area contributed by atoms with Gasteiger partial charge in [0.2, 0.25) is 5.00 Å². The van der Waals surface area contributed by atoms with Gasteiger partial charge in [0.15, 0.2) is 12.3 Å². The molecule has 12 heteroatoms. The molecule has 2 heterocycles. The second-order valence-corrected chi connectivity index (χ2v) is 8.15. The van der Waals surface area contributed by atoms with Crippen molar-refractivity contribution in [2.24, 2.45) is 0 Å². The number of ether oxygens (including phenoxy) is 4. The van der Waals surface area contributed by atoms with E-state index in [4.69, 9.17) is 18.9 Å². The Labute approximate surface area is 185 Å². The second kappa shape index (κ2) is 9.57. The fourth-order valence-corrected chi connectivity index (χ4v) is 4.40. The van der Waals surface area contributed by atoms with E-state index in [0.29, 0.717) is 22.4 Å². The molecule has 3 rings (SSSR count). The molecular weight excluding hydrogens is 447 g/mol. The van der Waals surface area contributed by atoms with Crippen molar-refractivity contribution < 1.29 is 32.9 Å². The van der Waals surface area contributed by atoms with Gasteiger partial charge >= 0.3 is 17.6 Å². The number of aromatic amines is 1. The van der Waals surface area contributed by atoms with E-state index in [1.807, 2.05) is 4.98 Å². The van der Waals surface area contributed by atoms with Gasteiger partial charge < -0.3 is 18.9 Å². The van der Waals surface area contributed by atoms with Gasteiger partial charge in [-0.1, -0.05) is 11.8 Å². The molecule has 1 fully saturated rings. The zero-order valence-electron chi connectivity index (χ0n) is 17.4. The molecule has 2 aromatic rings. The maximum Gasteiger partial charge on any atom is 0.330 e. The average molecular weight is 468 g/mol. The average Bonchev–Trinajstić information content (AvgIpc) is 2.98. The Kier molecular flexibility index (Phi) is 7.04. The van der Waals surface area contributed by atoms with Crippen LogP contribution in [0.3, 0.4) is 0 Å². The monoisotopic (exact) mass is 468 g/mol. The fraction of sp³-hybridized carbons (Fsp3) is 0.400. The minimum absolute atomic E-state index is 0.420. The third-order valence-electron chi connectivity index (χ3n) is 4.55. The quantitative estimate of drug-likeness (QED) is 0.600. The third kappa shape index (κ3) is 5.02. The van der Waals surface area contributed by atoms with Crippen LogP contribution in [0.5, 0.6) is 5.75 Å². The molecule has 1 aromatic heterocycles. The normalized spacial score (nSPS) is 24.7. The van der Waals surface area contributed by atoms with Gasteiger partial charge in [-0.25, -0.2) is 9.18 Å². The van der Waals surface area contributed by atoms with Crippen LogP contribution in [-0.2, 0) is 23.8 Å². The number of benzene rings is 1. The van der Waals surface area contributed by atoms with Crippen LogP contribution in [0.2, 0.25) is 0 Å². The van der Waals surface area contributed by atoms with Gasteiger partial charge in [-0.05, 0) is 24.3 Å². The van der Waals surface area contributed by atoms with Gasteiger partial charge in [0.1, 0.15) is 18.5 Å². The van der Waals surface area contributed by atoms with E-state index < -0.39 is 53.2 Å². The lowest BCUT2D eigenvalue weighted by Gasteiger charge is -2.30. The summed E-state index contributed by atoms with van der Waals surface area (Å²) in [6.45, 7) is 1.84. The van der Waals surface area contributed by atoms with E-state index in [1.54, 1.807) is 24.3 Å². The molecule has 0 saturated carbocycles. The smallest absolute Gasteiger partial charge is 0.330 e. The molecular formula is C20H21FN2O8S. The lowest BCUT2D eigenvalue weighted by Crippen LogP contribution is -2.45. The maximum atomic E-state index is 16.7. The van der Waals surface area contributed by atoms with Crippen LogP contribution in [-0.4, -0.2) is 52.4 Å². The van der Waals surface area contributed by atoms with Crippen LogP contribution in [0.15, 0.2) is 51.0 Å². The van der Waals surface area contributed by atoms with Gasteiger partial charge in [-0.3, -0.25) is 23.9 Å². The number of aromatic nitrogens is 2. The zero-order chi connectivity index (χ0) is 23.5. The Balaban J connectivity index is 2.07. The molecule has 1 aromatic carbocycles. The van der Waals surface area contributed by atoms with Gasteiger partial charge in [-0.15, -0.1) is 0 Å². The van der Waals surface area contributed by atoms with Crippen molar-refractivity contribution in [3.63, 3.8) is 0 Å². The fourth-order valence-electron chi connectivity index (χ4n) is 3.18. The minimum atomic E-state index is -2.53. The molecule has 10 nitrogen and oxygen atoms in total. The molecule has 32 heavy (non-hydrogen) atoms. The van der Waals surface area contributed by atoms with Crippen LogP contribution in [0.25, 0.3) is 0 Å². The van der Waals surface area contributed by atoms with Crippen molar-refractivity contribution in [1.82, 2.24) is 9.55 Å². The van der Waals surface area contributed by atoms with Crippen LogP contribution >= 0.6 is 11.8 Å². The Morgan fingerprint density at radius 2 is 1.88 bits per heavy atom. The van der Waals surface area contributed by atoms with E-state index in [2.05, 4.69) is 0 Å². The SMILES string of the molecule is COc1ccc(S[C@]2(F)[C@H](OC(C)=O)[C@@H](COC(C)=O)O[C@H]2n2ccc(=O)[nH]c2=O)cc1. The highest BCUT2D eigenvalue weighted by atomic mass is 32.2. The summed E-state index contributed by atoms with van der Waals surface area (Å²) >= 11 is 0.660. The maximum absolute atomic E-state index is 16.7. The predicted octanol–water partition coefficient (Wildman–Crippen LogP) is 1.40. The van der Waals surface area contributed by atoms with Crippen molar-refractivity contribution >= 4 is 23.7 Å². The summed E-state index contributed by atoms with van der Waals surface area (Å²) in [7, 11) is 1.48. The summed E-state index contributed by atoms with van der Waals surface area (Å²) in [5.41, 5.74) is -1.60. The summed E-state index contributed by atoms with van der Waals surface area (Å²) in [6.07, 6.45) is -3.31. The van der Waals surface area contributed by atoms with Gasteiger partial charge in [0, 0.05) is 31.0 Å². The van der Waals surface area contributed by atoms with E-state index >= 15 is 4.39 Å². The molecule has 0 bridgehead atoms. The molecule has 1 N–H and O–H groups in total. The molecule has 4 atom stereocenters. The van der Waals surface area contributed by atoms with Crippen LogP contribution < -0.4 is 16.0 Å². The molecule has 0 unspecified atom stereocenters. The van der Waals surface area contributed by atoms with Crippen molar-refractivity contribution in [3.05, 3.63) is 57.4 Å². The lowest BCUT2D eigenvalue weighted by molar-refractivity contribution is -0.156. The van der Waals surface area contributed by atoms with Gasteiger partial charge in [-0.2, -0.15) is 0 Å². The largest absolute Gasteiger partial charge is 0.497 e. The van der Waals surface area contributed by atoms with Crippen LogP contribution in [0.4, 0.5) is 4.39 Å². The molecule has 0 aliphatic carbocycles. The third-order valence-corrected chi connectivity index (χ3v) is 5.80. The van der Waals surface area contributed by atoms with E-state index in [1.165, 1.54) is 7.11 Å². The molecule has 1 aliphatic rings. The topological polar surface area (TPSA) is 126 Å². The standard InChI is InChI=1S/C20H21FN2O8S/c1-11(24)29-10-15-17(30-12(2)25)20(21,32-14-6-4-13(28-3)5-7-14)18(31-15)23-9-8-16(26)22-19(23)27/h4-9,15,17-18H,10H2,1-3H3,(H,22,26,27)/t15-,17-,18-,20-/m1/s1. The first-order valence-electron chi connectivity index (χ1n) is 9.43. The molecule has 0 amide bonds. The summed E-state index contributed by atoms with van der Waals surface area (Å²) in [5.74, 6) is -0.895. The van der Waals surface area contributed by atoms with Crippen molar-refractivity contribution in [2.45, 2.75) is 42.2 Å². The number of hydrogen-bond acceptors (Lipinski definition) is 9. The second-order valence-electron chi connectivity index (χ2n) is 6.85. The number of rotatable bonds is 7. The minimum Gasteiger partial charge on any atom is -0.497 e. The number of halogens is 1. The number of H-pyrrole nitrogens is 1. The molecule has 1 aliphatic heterocycles. The number of esters is 2. The van der Waals surface area contributed by atoms with Crippen molar-refractivity contribution in [1.29, 1.82) is 0 Å². The number of methoxy groups -OCH3 is 1. The first-order valence-corrected chi connectivity index (χ1v) is 10.2. The number of carbonyl (C=O) groups excluding carboxylic acids is 2. The number of carbonyl (C=O) groups is 2. The van der Waals surface area contributed by atoms with E-state index in [9.17, 15) is 19.2 Å². The lowest BCUT2D eigenvalue weighted by atomic mass is 10.1. The summed E-state index contributed by atoms with van der Waals surface area (Å²) in [6, 6.07) is 7.42. The number of thioether (sulfide) groups is 1. The Morgan fingerprint density at radius 3 is 2.44 bits per heavy atom. The number of alkyl halides is 1. The Bertz CT molecular complexity index is 1100. The van der Waals surface area contributed by atoms with Gasteiger partial charge in [0.05, 0.1) is 7.11 Å². The number of nitrogens with zero attached hydrogens (tertiary/aromatic N) is 1. The summed E-state index contributed by atoms with van der Waals surface area (Å²) in [5, 5.41) is -2.53. The van der Waals surface area contributed by atoms with Crippen LogP contribution in [0.1, 0.15) is 20.1 Å². The first-order chi connectivity index (χ1) is 15.1.